The molecule has 4 nitrogen and oxygen atoms in total. The van der Waals surface area contributed by atoms with Gasteiger partial charge in [-0.2, -0.15) is 0 Å². The standard InChI is InChI=1S/C16H20O4/c1-11(10-14(17)20-16(2,3)4)12-6-8-13(9-7-12)15(18)19-5/h6-10H,1-5H3. The third kappa shape index (κ3) is 4.88. The van der Waals surface area contributed by atoms with Crippen LogP contribution in [0, 0.1) is 0 Å². The Hall–Kier alpha value is -2.10. The molecular formula is C16H20O4. The fourth-order valence-electron chi connectivity index (χ4n) is 1.58. The van der Waals surface area contributed by atoms with Crippen LogP contribution in [0.3, 0.4) is 0 Å². The summed E-state index contributed by atoms with van der Waals surface area (Å²) in [6.07, 6.45) is 1.44. The van der Waals surface area contributed by atoms with Crippen LogP contribution in [0.2, 0.25) is 0 Å². The van der Waals surface area contributed by atoms with Crippen molar-refractivity contribution >= 4 is 17.5 Å². The number of benzene rings is 1. The zero-order valence-electron chi connectivity index (χ0n) is 12.5. The smallest absolute Gasteiger partial charge is 0.337 e. The quantitative estimate of drug-likeness (QED) is 0.628. The predicted molar refractivity (Wildman–Crippen MR) is 77.3 cm³/mol. The Balaban J connectivity index is 2.84. The van der Waals surface area contributed by atoms with Crippen LogP contribution < -0.4 is 0 Å². The molecule has 0 spiro atoms. The van der Waals surface area contributed by atoms with Gasteiger partial charge in [-0.25, -0.2) is 9.59 Å². The molecule has 0 aliphatic rings. The maximum Gasteiger partial charge on any atom is 0.337 e. The molecular weight excluding hydrogens is 256 g/mol. The van der Waals surface area contributed by atoms with Crippen molar-refractivity contribution in [1.82, 2.24) is 0 Å². The van der Waals surface area contributed by atoms with Crippen molar-refractivity contribution in [2.75, 3.05) is 7.11 Å². The molecule has 0 saturated carbocycles. The molecule has 0 aromatic heterocycles. The first kappa shape index (κ1) is 16.0. The van der Waals surface area contributed by atoms with Gasteiger partial charge >= 0.3 is 11.9 Å². The number of methoxy groups -OCH3 is 1. The summed E-state index contributed by atoms with van der Waals surface area (Å²) in [7, 11) is 1.34. The van der Waals surface area contributed by atoms with E-state index in [2.05, 4.69) is 4.74 Å². The summed E-state index contributed by atoms with van der Waals surface area (Å²) >= 11 is 0. The van der Waals surface area contributed by atoms with Gasteiger partial charge in [-0.1, -0.05) is 12.1 Å². The van der Waals surface area contributed by atoms with Gasteiger partial charge in [-0.05, 0) is 51.0 Å². The van der Waals surface area contributed by atoms with Gasteiger partial charge in [-0.3, -0.25) is 0 Å². The lowest BCUT2D eigenvalue weighted by molar-refractivity contribution is -0.148. The summed E-state index contributed by atoms with van der Waals surface area (Å²) in [4.78, 5) is 23.0. The lowest BCUT2D eigenvalue weighted by Crippen LogP contribution is -2.22. The van der Waals surface area contributed by atoms with Crippen molar-refractivity contribution < 1.29 is 19.1 Å². The highest BCUT2D eigenvalue weighted by Crippen LogP contribution is 2.16. The second-order valence-corrected chi connectivity index (χ2v) is 5.43. The molecule has 20 heavy (non-hydrogen) atoms. The lowest BCUT2D eigenvalue weighted by atomic mass is 10.1. The van der Waals surface area contributed by atoms with E-state index in [0.29, 0.717) is 5.56 Å². The van der Waals surface area contributed by atoms with Crippen LogP contribution in [0.25, 0.3) is 5.57 Å². The van der Waals surface area contributed by atoms with Crippen molar-refractivity contribution in [3.8, 4) is 0 Å². The molecule has 1 aromatic rings. The van der Waals surface area contributed by atoms with E-state index >= 15 is 0 Å². The van der Waals surface area contributed by atoms with E-state index in [9.17, 15) is 9.59 Å². The summed E-state index contributed by atoms with van der Waals surface area (Å²) < 4.78 is 9.85. The SMILES string of the molecule is COC(=O)c1ccc(C(C)=CC(=O)OC(C)(C)C)cc1. The van der Waals surface area contributed by atoms with Crippen LogP contribution in [0.15, 0.2) is 30.3 Å². The monoisotopic (exact) mass is 276 g/mol. The molecule has 0 saturated heterocycles. The summed E-state index contributed by atoms with van der Waals surface area (Å²) in [6, 6.07) is 6.85. The van der Waals surface area contributed by atoms with Crippen molar-refractivity contribution in [1.29, 1.82) is 0 Å². The first-order chi connectivity index (χ1) is 9.23. The molecule has 0 aliphatic carbocycles. The summed E-state index contributed by atoms with van der Waals surface area (Å²) in [5.41, 5.74) is 1.59. The summed E-state index contributed by atoms with van der Waals surface area (Å²) in [5, 5.41) is 0. The van der Waals surface area contributed by atoms with E-state index in [0.717, 1.165) is 11.1 Å². The molecule has 1 aromatic carbocycles. The minimum absolute atomic E-state index is 0.382. The average molecular weight is 276 g/mol. The number of hydrogen-bond donors (Lipinski definition) is 0. The Bertz CT molecular complexity index is 518. The van der Waals surface area contributed by atoms with Crippen LogP contribution >= 0.6 is 0 Å². The highest BCUT2D eigenvalue weighted by molar-refractivity contribution is 5.92. The van der Waals surface area contributed by atoms with Crippen molar-refractivity contribution in [2.24, 2.45) is 0 Å². The zero-order chi connectivity index (χ0) is 15.3. The molecule has 108 valence electrons. The predicted octanol–water partition coefficient (Wildman–Crippen LogP) is 3.22. The molecule has 0 aliphatic heterocycles. The van der Waals surface area contributed by atoms with E-state index < -0.39 is 5.60 Å². The second-order valence-electron chi connectivity index (χ2n) is 5.43. The van der Waals surface area contributed by atoms with E-state index in [1.807, 2.05) is 27.7 Å². The Morgan fingerprint density at radius 3 is 2.00 bits per heavy atom. The van der Waals surface area contributed by atoms with Gasteiger partial charge in [0.05, 0.1) is 12.7 Å². The fourth-order valence-corrected chi connectivity index (χ4v) is 1.58. The third-order valence-corrected chi connectivity index (χ3v) is 2.50. The summed E-state index contributed by atoms with van der Waals surface area (Å²) in [5.74, 6) is -0.766. The van der Waals surface area contributed by atoms with Crippen LogP contribution in [-0.4, -0.2) is 24.6 Å². The highest BCUT2D eigenvalue weighted by Gasteiger charge is 2.14. The Morgan fingerprint density at radius 2 is 1.55 bits per heavy atom. The van der Waals surface area contributed by atoms with Crippen molar-refractivity contribution in [3.05, 3.63) is 41.5 Å². The normalized spacial score (nSPS) is 11.9. The molecule has 0 amide bonds. The molecule has 0 fully saturated rings. The van der Waals surface area contributed by atoms with E-state index in [-0.39, 0.29) is 11.9 Å². The van der Waals surface area contributed by atoms with Crippen LogP contribution in [0.4, 0.5) is 0 Å². The molecule has 1 rings (SSSR count). The first-order valence-electron chi connectivity index (χ1n) is 6.33. The zero-order valence-corrected chi connectivity index (χ0v) is 12.5. The molecule has 4 heteroatoms. The van der Waals surface area contributed by atoms with E-state index in [1.165, 1.54) is 13.2 Å². The number of ether oxygens (including phenoxy) is 2. The number of carbonyl (C=O) groups is 2. The Labute approximate surface area is 119 Å². The topological polar surface area (TPSA) is 52.6 Å². The largest absolute Gasteiger partial charge is 0.465 e. The van der Waals surface area contributed by atoms with Crippen LogP contribution in [0.1, 0.15) is 43.6 Å². The van der Waals surface area contributed by atoms with Crippen LogP contribution in [-0.2, 0) is 14.3 Å². The fraction of sp³-hybridized carbons (Fsp3) is 0.375. The lowest BCUT2D eigenvalue weighted by Gasteiger charge is -2.18. The van der Waals surface area contributed by atoms with Gasteiger partial charge < -0.3 is 9.47 Å². The first-order valence-corrected chi connectivity index (χ1v) is 6.33. The number of rotatable bonds is 3. The number of allylic oxidation sites excluding steroid dienone is 1. The minimum atomic E-state index is -0.511. The van der Waals surface area contributed by atoms with Gasteiger partial charge in [0, 0.05) is 6.08 Å². The maximum atomic E-state index is 11.7. The molecule has 0 atom stereocenters. The highest BCUT2D eigenvalue weighted by atomic mass is 16.6. The molecule has 0 heterocycles. The molecule has 0 N–H and O–H groups in total. The molecule has 0 unspecified atom stereocenters. The number of esters is 2. The van der Waals surface area contributed by atoms with Gasteiger partial charge in [0.25, 0.3) is 0 Å². The van der Waals surface area contributed by atoms with Crippen molar-refractivity contribution in [3.63, 3.8) is 0 Å². The van der Waals surface area contributed by atoms with Gasteiger partial charge in [0.1, 0.15) is 5.60 Å². The maximum absolute atomic E-state index is 11.7. The van der Waals surface area contributed by atoms with Gasteiger partial charge in [0.15, 0.2) is 0 Å². The van der Waals surface area contributed by atoms with Crippen LogP contribution in [0.5, 0.6) is 0 Å². The Morgan fingerprint density at radius 1 is 1.05 bits per heavy atom. The van der Waals surface area contributed by atoms with E-state index in [1.54, 1.807) is 24.3 Å². The molecule has 0 bridgehead atoms. The third-order valence-electron chi connectivity index (χ3n) is 2.50. The van der Waals surface area contributed by atoms with Crippen molar-refractivity contribution in [2.45, 2.75) is 33.3 Å². The average Bonchev–Trinajstić information content (AvgIpc) is 2.35. The second kappa shape index (κ2) is 6.37. The molecule has 0 radical (unpaired) electrons. The van der Waals surface area contributed by atoms with Gasteiger partial charge in [0.2, 0.25) is 0 Å². The Kier molecular flexibility index (Phi) is 5.08. The number of carbonyl (C=O) groups excluding carboxylic acids is 2. The van der Waals surface area contributed by atoms with Gasteiger partial charge in [-0.15, -0.1) is 0 Å². The minimum Gasteiger partial charge on any atom is -0.465 e. The van der Waals surface area contributed by atoms with E-state index in [4.69, 9.17) is 4.74 Å². The number of hydrogen-bond acceptors (Lipinski definition) is 4. The summed E-state index contributed by atoms with van der Waals surface area (Å²) in [6.45, 7) is 7.27.